The highest BCUT2D eigenvalue weighted by atomic mass is 16.2. The fourth-order valence-corrected chi connectivity index (χ4v) is 2.71. The lowest BCUT2D eigenvalue weighted by atomic mass is 10.0. The largest absolute Gasteiger partial charge is 0.341 e. The van der Waals surface area contributed by atoms with Crippen LogP contribution in [0.25, 0.3) is 0 Å². The number of nitrogens with two attached hydrogens (primary N) is 1. The van der Waals surface area contributed by atoms with Crippen LogP contribution in [0.1, 0.15) is 26.2 Å². The maximum atomic E-state index is 12.0. The molecular formula is C12H23N3O. The van der Waals surface area contributed by atoms with Gasteiger partial charge in [0.1, 0.15) is 0 Å². The Morgan fingerprint density at radius 3 is 2.75 bits per heavy atom. The summed E-state index contributed by atoms with van der Waals surface area (Å²) in [4.78, 5) is 16.3. The first-order valence-corrected chi connectivity index (χ1v) is 6.41. The van der Waals surface area contributed by atoms with Crippen LogP contribution in [0.4, 0.5) is 0 Å². The van der Waals surface area contributed by atoms with Crippen molar-refractivity contribution in [3.63, 3.8) is 0 Å². The minimum Gasteiger partial charge on any atom is -0.341 e. The number of carbonyl (C=O) groups is 1. The monoisotopic (exact) mass is 225 g/mol. The fourth-order valence-electron chi connectivity index (χ4n) is 2.71. The van der Waals surface area contributed by atoms with E-state index in [1.54, 1.807) is 0 Å². The third kappa shape index (κ3) is 2.95. The van der Waals surface area contributed by atoms with E-state index in [0.717, 1.165) is 39.0 Å². The molecule has 4 heteroatoms. The second-order valence-corrected chi connectivity index (χ2v) is 5.37. The van der Waals surface area contributed by atoms with Gasteiger partial charge in [-0.1, -0.05) is 6.92 Å². The lowest BCUT2D eigenvalue weighted by Crippen LogP contribution is -2.44. The second-order valence-electron chi connectivity index (χ2n) is 5.37. The highest BCUT2D eigenvalue weighted by Gasteiger charge is 2.25. The van der Waals surface area contributed by atoms with Gasteiger partial charge in [0.2, 0.25) is 5.91 Å². The van der Waals surface area contributed by atoms with Gasteiger partial charge in [-0.25, -0.2) is 0 Å². The molecule has 2 heterocycles. The van der Waals surface area contributed by atoms with Gasteiger partial charge < -0.3 is 10.6 Å². The van der Waals surface area contributed by atoms with Crippen LogP contribution >= 0.6 is 0 Å². The summed E-state index contributed by atoms with van der Waals surface area (Å²) in [6, 6.07) is 0.271. The number of piperidine rings is 1. The van der Waals surface area contributed by atoms with Crippen LogP contribution in [0.15, 0.2) is 0 Å². The predicted molar refractivity (Wildman–Crippen MR) is 64.0 cm³/mol. The van der Waals surface area contributed by atoms with Crippen molar-refractivity contribution < 1.29 is 4.79 Å². The number of hydrogen-bond donors (Lipinski definition) is 1. The number of rotatable bonds is 2. The van der Waals surface area contributed by atoms with E-state index in [0.29, 0.717) is 18.4 Å². The Hall–Kier alpha value is -0.610. The molecule has 0 aromatic heterocycles. The molecule has 0 bridgehead atoms. The molecule has 2 atom stereocenters. The van der Waals surface area contributed by atoms with E-state index >= 15 is 0 Å². The van der Waals surface area contributed by atoms with Gasteiger partial charge in [0, 0.05) is 32.2 Å². The standard InChI is InChI=1S/C12H23N3O/c1-10-3-2-5-15(7-10)12(16)9-14-6-4-11(13)8-14/h10-11H,2-9,13H2,1H3/t10?,11-/m1/s1. The van der Waals surface area contributed by atoms with Gasteiger partial charge >= 0.3 is 0 Å². The van der Waals surface area contributed by atoms with Gasteiger partial charge in [-0.15, -0.1) is 0 Å². The first-order chi connectivity index (χ1) is 7.65. The molecule has 0 aromatic carbocycles. The maximum Gasteiger partial charge on any atom is 0.236 e. The van der Waals surface area contributed by atoms with Crippen LogP contribution in [0.3, 0.4) is 0 Å². The number of hydrogen-bond acceptors (Lipinski definition) is 3. The van der Waals surface area contributed by atoms with E-state index in [1.807, 2.05) is 4.90 Å². The molecule has 2 aliphatic heterocycles. The molecule has 4 nitrogen and oxygen atoms in total. The van der Waals surface area contributed by atoms with Gasteiger partial charge in [0.25, 0.3) is 0 Å². The Balaban J connectivity index is 1.78. The predicted octanol–water partition coefficient (Wildman–Crippen LogP) is 0.278. The number of nitrogens with zero attached hydrogens (tertiary/aromatic N) is 2. The van der Waals surface area contributed by atoms with Gasteiger partial charge in [-0.2, -0.15) is 0 Å². The Bertz CT molecular complexity index is 257. The van der Waals surface area contributed by atoms with Crippen molar-refractivity contribution in [2.45, 2.75) is 32.2 Å². The highest BCUT2D eigenvalue weighted by Crippen LogP contribution is 2.16. The number of carbonyl (C=O) groups excluding carboxylic acids is 1. The van der Waals surface area contributed by atoms with Crippen molar-refractivity contribution in [2.24, 2.45) is 11.7 Å². The van der Waals surface area contributed by atoms with Crippen molar-refractivity contribution in [2.75, 3.05) is 32.7 Å². The third-order valence-corrected chi connectivity index (χ3v) is 3.68. The molecule has 1 unspecified atom stereocenters. The van der Waals surface area contributed by atoms with Crippen molar-refractivity contribution in [1.29, 1.82) is 0 Å². The summed E-state index contributed by atoms with van der Waals surface area (Å²) in [7, 11) is 0. The minimum absolute atomic E-state index is 0.271. The van der Waals surface area contributed by atoms with Crippen molar-refractivity contribution in [3.8, 4) is 0 Å². The summed E-state index contributed by atoms with van der Waals surface area (Å²) in [5, 5.41) is 0. The lowest BCUT2D eigenvalue weighted by Gasteiger charge is -2.32. The summed E-state index contributed by atoms with van der Waals surface area (Å²) >= 11 is 0. The molecule has 0 aromatic rings. The van der Waals surface area contributed by atoms with E-state index in [-0.39, 0.29) is 6.04 Å². The molecule has 0 aliphatic carbocycles. The zero-order valence-electron chi connectivity index (χ0n) is 10.2. The molecule has 2 saturated heterocycles. The van der Waals surface area contributed by atoms with Crippen LogP contribution in [0, 0.1) is 5.92 Å². The van der Waals surface area contributed by atoms with E-state index in [2.05, 4.69) is 11.8 Å². The van der Waals surface area contributed by atoms with Gasteiger partial charge in [0.05, 0.1) is 6.54 Å². The van der Waals surface area contributed by atoms with Gasteiger partial charge in [-0.3, -0.25) is 9.69 Å². The van der Waals surface area contributed by atoms with Crippen molar-refractivity contribution in [3.05, 3.63) is 0 Å². The van der Waals surface area contributed by atoms with Crippen LogP contribution in [-0.2, 0) is 4.79 Å². The Labute approximate surface area is 97.8 Å². The van der Waals surface area contributed by atoms with Crippen LogP contribution in [0.5, 0.6) is 0 Å². The van der Waals surface area contributed by atoms with Gasteiger partial charge in [-0.05, 0) is 25.2 Å². The normalized spacial score (nSPS) is 32.0. The zero-order valence-corrected chi connectivity index (χ0v) is 10.2. The lowest BCUT2D eigenvalue weighted by molar-refractivity contribution is -0.133. The average Bonchev–Trinajstić information content (AvgIpc) is 2.64. The van der Waals surface area contributed by atoms with E-state index in [1.165, 1.54) is 6.42 Å². The third-order valence-electron chi connectivity index (χ3n) is 3.68. The Morgan fingerprint density at radius 2 is 2.12 bits per heavy atom. The first kappa shape index (κ1) is 11.9. The van der Waals surface area contributed by atoms with E-state index in [4.69, 9.17) is 5.73 Å². The quantitative estimate of drug-likeness (QED) is 0.734. The van der Waals surface area contributed by atoms with Gasteiger partial charge in [0.15, 0.2) is 0 Å². The highest BCUT2D eigenvalue weighted by molar-refractivity contribution is 5.78. The minimum atomic E-state index is 0.271. The molecular weight excluding hydrogens is 202 g/mol. The number of amides is 1. The first-order valence-electron chi connectivity index (χ1n) is 6.41. The fraction of sp³-hybridized carbons (Fsp3) is 0.917. The van der Waals surface area contributed by atoms with Crippen LogP contribution in [-0.4, -0.2) is 54.5 Å². The molecule has 2 fully saturated rings. The summed E-state index contributed by atoms with van der Waals surface area (Å²) in [6.07, 6.45) is 3.45. The molecule has 2 rings (SSSR count). The molecule has 1 amide bonds. The van der Waals surface area contributed by atoms with E-state index in [9.17, 15) is 4.79 Å². The molecule has 92 valence electrons. The molecule has 16 heavy (non-hydrogen) atoms. The van der Waals surface area contributed by atoms with Crippen LogP contribution in [0.2, 0.25) is 0 Å². The van der Waals surface area contributed by atoms with Crippen LogP contribution < -0.4 is 5.73 Å². The summed E-state index contributed by atoms with van der Waals surface area (Å²) in [5.74, 6) is 0.958. The second kappa shape index (κ2) is 5.15. The molecule has 0 saturated carbocycles. The summed E-state index contributed by atoms with van der Waals surface area (Å²) in [6.45, 7) is 6.55. The SMILES string of the molecule is CC1CCCN(C(=O)CN2CC[C@@H](N)C2)C1. The Kier molecular flexibility index (Phi) is 3.82. The molecule has 2 aliphatic rings. The van der Waals surface area contributed by atoms with Crippen molar-refractivity contribution in [1.82, 2.24) is 9.80 Å². The molecule has 0 spiro atoms. The zero-order chi connectivity index (χ0) is 11.5. The number of likely N-dealkylation sites (tertiary alicyclic amines) is 2. The summed E-state index contributed by atoms with van der Waals surface area (Å²) in [5.41, 5.74) is 5.83. The molecule has 2 N–H and O–H groups in total. The van der Waals surface area contributed by atoms with E-state index < -0.39 is 0 Å². The maximum absolute atomic E-state index is 12.0. The molecule has 0 radical (unpaired) electrons. The Morgan fingerprint density at radius 1 is 1.31 bits per heavy atom. The summed E-state index contributed by atoms with van der Waals surface area (Å²) < 4.78 is 0. The van der Waals surface area contributed by atoms with Crippen molar-refractivity contribution >= 4 is 5.91 Å². The average molecular weight is 225 g/mol. The topological polar surface area (TPSA) is 49.6 Å². The smallest absolute Gasteiger partial charge is 0.236 e.